The average Bonchev–Trinajstić information content (AvgIpc) is 2.82. The number of hydrogen-bond acceptors (Lipinski definition) is 3. The highest BCUT2D eigenvalue weighted by molar-refractivity contribution is 7.88. The first kappa shape index (κ1) is 15.6. The van der Waals surface area contributed by atoms with Gasteiger partial charge in [0.15, 0.2) is 0 Å². The number of hydrogen-bond donors (Lipinski definition) is 1. The SMILES string of the molecule is CS(=O)(=O)N1CCCC1C(=O)Nc1cc(Cl)ccc1Cl. The van der Waals surface area contributed by atoms with Gasteiger partial charge in [0.05, 0.1) is 17.0 Å². The van der Waals surface area contributed by atoms with E-state index in [4.69, 9.17) is 23.2 Å². The van der Waals surface area contributed by atoms with Crippen LogP contribution in [0.15, 0.2) is 18.2 Å². The van der Waals surface area contributed by atoms with Crippen LogP contribution in [0.1, 0.15) is 12.8 Å². The standard InChI is InChI=1S/C12H14Cl2N2O3S/c1-20(18,19)16-6-2-3-11(16)12(17)15-10-7-8(13)4-5-9(10)14/h4-5,7,11H,2-3,6H2,1H3,(H,15,17). The summed E-state index contributed by atoms with van der Waals surface area (Å²) in [6.45, 7) is 0.361. The van der Waals surface area contributed by atoms with Gasteiger partial charge in [0.2, 0.25) is 15.9 Å². The van der Waals surface area contributed by atoms with Crippen LogP contribution >= 0.6 is 23.2 Å². The molecule has 1 aromatic carbocycles. The summed E-state index contributed by atoms with van der Waals surface area (Å²) >= 11 is 11.8. The van der Waals surface area contributed by atoms with Gasteiger partial charge in [0.25, 0.3) is 0 Å². The lowest BCUT2D eigenvalue weighted by atomic mass is 10.2. The van der Waals surface area contributed by atoms with E-state index in [9.17, 15) is 13.2 Å². The van der Waals surface area contributed by atoms with Crippen molar-refractivity contribution in [2.75, 3.05) is 18.1 Å². The van der Waals surface area contributed by atoms with Crippen molar-refractivity contribution < 1.29 is 13.2 Å². The molecule has 0 aromatic heterocycles. The Morgan fingerprint density at radius 3 is 2.75 bits per heavy atom. The summed E-state index contributed by atoms with van der Waals surface area (Å²) < 4.78 is 24.5. The molecule has 2 rings (SSSR count). The predicted molar refractivity (Wildman–Crippen MR) is 79.7 cm³/mol. The summed E-state index contributed by atoms with van der Waals surface area (Å²) in [7, 11) is -3.39. The van der Waals surface area contributed by atoms with Crippen LogP contribution in [0.5, 0.6) is 0 Å². The number of carbonyl (C=O) groups excluding carboxylic acids is 1. The largest absolute Gasteiger partial charge is 0.323 e. The van der Waals surface area contributed by atoms with Crippen molar-refractivity contribution in [2.45, 2.75) is 18.9 Å². The first-order valence-electron chi connectivity index (χ1n) is 6.02. The van der Waals surface area contributed by atoms with Gasteiger partial charge in [-0.1, -0.05) is 23.2 Å². The van der Waals surface area contributed by atoms with E-state index >= 15 is 0 Å². The van der Waals surface area contributed by atoms with Crippen molar-refractivity contribution in [1.29, 1.82) is 0 Å². The van der Waals surface area contributed by atoms with Gasteiger partial charge >= 0.3 is 0 Å². The highest BCUT2D eigenvalue weighted by atomic mass is 35.5. The highest BCUT2D eigenvalue weighted by Crippen LogP contribution is 2.27. The zero-order valence-corrected chi connectivity index (χ0v) is 13.1. The number of nitrogens with one attached hydrogen (secondary N) is 1. The van der Waals surface area contributed by atoms with Gasteiger partial charge in [0, 0.05) is 11.6 Å². The first-order chi connectivity index (χ1) is 9.29. The molecular weight excluding hydrogens is 323 g/mol. The van der Waals surface area contributed by atoms with Crippen molar-refractivity contribution in [2.24, 2.45) is 0 Å². The van der Waals surface area contributed by atoms with Crippen LogP contribution in [-0.4, -0.2) is 37.5 Å². The minimum atomic E-state index is -3.39. The summed E-state index contributed by atoms with van der Waals surface area (Å²) in [5, 5.41) is 3.43. The van der Waals surface area contributed by atoms with Crippen molar-refractivity contribution in [1.82, 2.24) is 4.31 Å². The van der Waals surface area contributed by atoms with Crippen molar-refractivity contribution in [3.63, 3.8) is 0 Å². The zero-order valence-electron chi connectivity index (χ0n) is 10.8. The molecule has 0 spiro atoms. The van der Waals surface area contributed by atoms with Gasteiger partial charge in [-0.3, -0.25) is 4.79 Å². The number of anilines is 1. The molecule has 8 heteroatoms. The first-order valence-corrected chi connectivity index (χ1v) is 8.62. The second-order valence-corrected chi connectivity index (χ2v) is 7.42. The maximum Gasteiger partial charge on any atom is 0.242 e. The number of carbonyl (C=O) groups is 1. The van der Waals surface area contributed by atoms with Crippen molar-refractivity contribution in [3.8, 4) is 0 Å². The molecule has 1 unspecified atom stereocenters. The Hall–Kier alpha value is -0.820. The van der Waals surface area contributed by atoms with Gasteiger partial charge in [-0.15, -0.1) is 0 Å². The molecule has 1 fully saturated rings. The maximum absolute atomic E-state index is 12.2. The summed E-state index contributed by atoms with van der Waals surface area (Å²) in [6, 6.07) is 4.02. The second kappa shape index (κ2) is 5.89. The fourth-order valence-corrected chi connectivity index (χ4v) is 3.67. The molecule has 1 N–H and O–H groups in total. The molecule has 0 aliphatic carbocycles. The topological polar surface area (TPSA) is 66.5 Å². The monoisotopic (exact) mass is 336 g/mol. The Balaban J connectivity index is 2.18. The van der Waals surface area contributed by atoms with E-state index < -0.39 is 22.0 Å². The molecule has 0 saturated carbocycles. The Morgan fingerprint density at radius 1 is 1.40 bits per heavy atom. The Morgan fingerprint density at radius 2 is 2.10 bits per heavy atom. The fourth-order valence-electron chi connectivity index (χ4n) is 2.21. The third kappa shape index (κ3) is 3.44. The smallest absolute Gasteiger partial charge is 0.242 e. The predicted octanol–water partition coefficient (Wildman–Crippen LogP) is 2.36. The number of halogens is 2. The van der Waals surface area contributed by atoms with Gasteiger partial charge in [0.1, 0.15) is 6.04 Å². The van der Waals surface area contributed by atoms with E-state index in [0.717, 1.165) is 6.26 Å². The van der Waals surface area contributed by atoms with Crippen LogP contribution in [0, 0.1) is 0 Å². The molecule has 1 saturated heterocycles. The minimum absolute atomic E-state index is 0.353. The molecule has 20 heavy (non-hydrogen) atoms. The lowest BCUT2D eigenvalue weighted by molar-refractivity contribution is -0.119. The molecule has 0 bridgehead atoms. The van der Waals surface area contributed by atoms with Crippen LogP contribution in [0.25, 0.3) is 0 Å². The van der Waals surface area contributed by atoms with Gasteiger partial charge in [-0.05, 0) is 31.0 Å². The van der Waals surface area contributed by atoms with Crippen molar-refractivity contribution >= 4 is 44.8 Å². The second-order valence-electron chi connectivity index (χ2n) is 4.65. The van der Waals surface area contributed by atoms with Crippen molar-refractivity contribution in [3.05, 3.63) is 28.2 Å². The number of benzene rings is 1. The number of sulfonamides is 1. The number of amides is 1. The molecular formula is C12H14Cl2N2O3S. The van der Waals surface area contributed by atoms with Crippen LogP contribution in [0.4, 0.5) is 5.69 Å². The van der Waals surface area contributed by atoms with Gasteiger partial charge < -0.3 is 5.32 Å². The van der Waals surface area contributed by atoms with Crippen LogP contribution in [-0.2, 0) is 14.8 Å². The molecule has 5 nitrogen and oxygen atoms in total. The lowest BCUT2D eigenvalue weighted by Gasteiger charge is -2.21. The van der Waals surface area contributed by atoms with E-state index in [0.29, 0.717) is 35.1 Å². The quantitative estimate of drug-likeness (QED) is 0.921. The molecule has 1 atom stereocenters. The van der Waals surface area contributed by atoms with E-state index in [1.807, 2.05) is 0 Å². The Labute approximate surface area is 127 Å². The molecule has 1 amide bonds. The molecule has 1 aromatic rings. The Kier molecular flexibility index (Phi) is 4.59. The molecule has 110 valence electrons. The average molecular weight is 337 g/mol. The summed E-state index contributed by atoms with van der Waals surface area (Å²) in [6.07, 6.45) is 2.26. The molecule has 1 aliphatic rings. The van der Waals surface area contributed by atoms with Crippen LogP contribution < -0.4 is 5.32 Å². The molecule has 1 aliphatic heterocycles. The van der Waals surface area contributed by atoms with E-state index in [1.165, 1.54) is 10.4 Å². The van der Waals surface area contributed by atoms with E-state index in [-0.39, 0.29) is 0 Å². The number of rotatable bonds is 3. The highest BCUT2D eigenvalue weighted by Gasteiger charge is 2.36. The lowest BCUT2D eigenvalue weighted by Crippen LogP contribution is -2.42. The zero-order chi connectivity index (χ0) is 14.9. The molecule has 1 heterocycles. The van der Waals surface area contributed by atoms with E-state index in [1.54, 1.807) is 12.1 Å². The summed E-state index contributed by atoms with van der Waals surface area (Å²) in [5.41, 5.74) is 0.379. The molecule has 0 radical (unpaired) electrons. The summed E-state index contributed by atoms with van der Waals surface area (Å²) in [5.74, 6) is -0.392. The Bertz CT molecular complexity index is 634. The van der Waals surface area contributed by atoms with E-state index in [2.05, 4.69) is 5.32 Å². The van der Waals surface area contributed by atoms with Crippen LogP contribution in [0.2, 0.25) is 10.0 Å². The normalized spacial score (nSPS) is 20.1. The van der Waals surface area contributed by atoms with Gasteiger partial charge in [-0.25, -0.2) is 8.42 Å². The van der Waals surface area contributed by atoms with Gasteiger partial charge in [-0.2, -0.15) is 4.31 Å². The number of nitrogens with zero attached hydrogens (tertiary/aromatic N) is 1. The summed E-state index contributed by atoms with van der Waals surface area (Å²) in [4.78, 5) is 12.2. The third-order valence-corrected chi connectivity index (χ3v) is 4.97. The fraction of sp³-hybridized carbons (Fsp3) is 0.417. The minimum Gasteiger partial charge on any atom is -0.323 e. The van der Waals surface area contributed by atoms with Crippen LogP contribution in [0.3, 0.4) is 0 Å². The maximum atomic E-state index is 12.2. The third-order valence-electron chi connectivity index (χ3n) is 3.12.